The highest BCUT2D eigenvalue weighted by atomic mass is 31.2. The van der Waals surface area contributed by atoms with Crippen LogP contribution in [0, 0.1) is 5.41 Å². The van der Waals surface area contributed by atoms with E-state index in [1.807, 2.05) is 0 Å². The summed E-state index contributed by atoms with van der Waals surface area (Å²) in [6.07, 6.45) is 0.381. The summed E-state index contributed by atoms with van der Waals surface area (Å²) in [4.78, 5) is 25.7. The van der Waals surface area contributed by atoms with Gasteiger partial charge in [0.2, 0.25) is 13.9 Å². The van der Waals surface area contributed by atoms with Gasteiger partial charge in [-0.25, -0.2) is 0 Å². The van der Waals surface area contributed by atoms with E-state index in [2.05, 4.69) is 0 Å². The molecule has 0 saturated heterocycles. The second-order valence-electron chi connectivity index (χ2n) is 0.772. The van der Waals surface area contributed by atoms with Gasteiger partial charge in [0.15, 0.2) is 0 Å². The minimum atomic E-state index is -2.54. The van der Waals surface area contributed by atoms with E-state index in [4.69, 9.17) is 15.2 Å². The van der Waals surface area contributed by atoms with Crippen LogP contribution in [0.25, 0.3) is 0 Å². The fourth-order valence-corrected chi connectivity index (χ4v) is 0.173. The van der Waals surface area contributed by atoms with Crippen LogP contribution in [0.15, 0.2) is 0 Å². The Morgan fingerprint density at radius 3 is 2.14 bits per heavy atom. The van der Waals surface area contributed by atoms with E-state index in [0.717, 1.165) is 0 Å². The van der Waals surface area contributed by atoms with Crippen molar-refractivity contribution in [3.63, 3.8) is 0 Å². The molecule has 0 aliphatic heterocycles. The lowest BCUT2D eigenvalue weighted by Gasteiger charge is -1.88. The first-order valence-electron chi connectivity index (χ1n) is 1.41. The predicted molar refractivity (Wildman–Crippen MR) is 25.1 cm³/mol. The monoisotopic (exact) mass is 121 g/mol. The van der Waals surface area contributed by atoms with E-state index in [1.54, 1.807) is 0 Å². The van der Waals surface area contributed by atoms with E-state index < -0.39 is 13.9 Å². The first-order chi connectivity index (χ1) is 3.18. The summed E-state index contributed by atoms with van der Waals surface area (Å²) < 4.78 is 0. The summed E-state index contributed by atoms with van der Waals surface area (Å²) in [5.74, 6) is 0. The second kappa shape index (κ2) is 2.80. The molecule has 0 heterocycles. The molecular formula is C2H4NO3P. The molecule has 0 fully saturated rings. The molecule has 40 valence electrons. The molecule has 0 rings (SSSR count). The standard InChI is InChI=1S/C2H4NO3P/c3-1-2(4)7(5)6/h1,3,5-6H. The highest BCUT2D eigenvalue weighted by molar-refractivity contribution is 7.67. The molecule has 5 heteroatoms. The maximum absolute atomic E-state index is 9.80. The highest BCUT2D eigenvalue weighted by Gasteiger charge is 2.06. The molecule has 0 unspecified atom stereocenters. The molecule has 0 atom stereocenters. The molecule has 3 N–H and O–H groups in total. The lowest BCUT2D eigenvalue weighted by atomic mass is 10.9. The van der Waals surface area contributed by atoms with E-state index >= 15 is 0 Å². The van der Waals surface area contributed by atoms with Gasteiger partial charge in [0, 0.05) is 0 Å². The summed E-state index contributed by atoms with van der Waals surface area (Å²) in [6, 6.07) is 0. The van der Waals surface area contributed by atoms with Crippen LogP contribution in [0.4, 0.5) is 0 Å². The van der Waals surface area contributed by atoms with Crippen molar-refractivity contribution < 1.29 is 14.6 Å². The van der Waals surface area contributed by atoms with Crippen LogP contribution in [0.5, 0.6) is 0 Å². The van der Waals surface area contributed by atoms with Gasteiger partial charge in [-0.15, -0.1) is 0 Å². The van der Waals surface area contributed by atoms with Crippen LogP contribution in [-0.2, 0) is 4.79 Å². The number of carbonyl (C=O) groups excluding carboxylic acids is 1. The molecule has 4 nitrogen and oxygen atoms in total. The van der Waals surface area contributed by atoms with Crippen molar-refractivity contribution in [1.29, 1.82) is 5.41 Å². The number of rotatable bonds is 2. The summed E-state index contributed by atoms with van der Waals surface area (Å²) >= 11 is 0. The molecule has 0 aliphatic rings. The molecule has 0 aromatic rings. The summed E-state index contributed by atoms with van der Waals surface area (Å²) in [5, 5.41) is 6.16. The molecule has 0 saturated carbocycles. The highest BCUT2D eigenvalue weighted by Crippen LogP contribution is 2.21. The van der Waals surface area contributed by atoms with E-state index in [1.165, 1.54) is 0 Å². The van der Waals surface area contributed by atoms with Gasteiger partial charge in [-0.05, 0) is 0 Å². The van der Waals surface area contributed by atoms with Crippen molar-refractivity contribution >= 4 is 20.1 Å². The lowest BCUT2D eigenvalue weighted by Crippen LogP contribution is -1.92. The zero-order valence-corrected chi connectivity index (χ0v) is 4.22. The lowest BCUT2D eigenvalue weighted by molar-refractivity contribution is -0.106. The third-order valence-corrected chi connectivity index (χ3v) is 0.844. The van der Waals surface area contributed by atoms with Crippen LogP contribution in [-0.4, -0.2) is 21.5 Å². The Morgan fingerprint density at radius 1 is 1.71 bits per heavy atom. The Bertz CT molecular complexity index is 90.9. The molecule has 0 aromatic carbocycles. The molecule has 0 aromatic heterocycles. The molecule has 0 spiro atoms. The van der Waals surface area contributed by atoms with Crippen molar-refractivity contribution in [2.24, 2.45) is 0 Å². The van der Waals surface area contributed by atoms with Gasteiger partial charge in [-0.3, -0.25) is 4.79 Å². The average molecular weight is 121 g/mol. The van der Waals surface area contributed by atoms with E-state index in [9.17, 15) is 4.79 Å². The minimum Gasteiger partial charge on any atom is -0.344 e. The van der Waals surface area contributed by atoms with Gasteiger partial charge >= 0.3 is 0 Å². The minimum absolute atomic E-state index is 0.381. The first kappa shape index (κ1) is 6.69. The molecular weight excluding hydrogens is 117 g/mol. The van der Waals surface area contributed by atoms with Gasteiger partial charge in [0.1, 0.15) is 0 Å². The van der Waals surface area contributed by atoms with Gasteiger partial charge in [0.25, 0.3) is 0 Å². The van der Waals surface area contributed by atoms with Crippen molar-refractivity contribution in [3.8, 4) is 0 Å². The van der Waals surface area contributed by atoms with Crippen molar-refractivity contribution in [1.82, 2.24) is 0 Å². The van der Waals surface area contributed by atoms with Gasteiger partial charge in [-0.1, -0.05) is 0 Å². The Balaban J connectivity index is 3.56. The summed E-state index contributed by atoms with van der Waals surface area (Å²) in [7, 11) is -2.54. The smallest absolute Gasteiger partial charge is 0.250 e. The SMILES string of the molecule is N=CC(=O)P(O)O. The predicted octanol–water partition coefficient (Wildman–Crippen LogP) is -0.541. The van der Waals surface area contributed by atoms with Crippen LogP contribution >= 0.6 is 8.38 Å². The van der Waals surface area contributed by atoms with Gasteiger partial charge < -0.3 is 15.2 Å². The Kier molecular flexibility index (Phi) is 2.67. The van der Waals surface area contributed by atoms with Gasteiger partial charge in [-0.2, -0.15) is 0 Å². The normalized spacial score (nSPS) is 9.00. The Morgan fingerprint density at radius 2 is 2.14 bits per heavy atom. The number of nitrogens with one attached hydrogen (secondary N) is 1. The molecule has 0 aliphatic carbocycles. The quantitative estimate of drug-likeness (QED) is 0.339. The number of hydrogen-bond donors (Lipinski definition) is 3. The average Bonchev–Trinajstić information content (AvgIpc) is 1.65. The fourth-order valence-electron chi connectivity index (χ4n) is 0.0577. The van der Waals surface area contributed by atoms with Gasteiger partial charge in [0.05, 0.1) is 6.21 Å². The van der Waals surface area contributed by atoms with Crippen LogP contribution < -0.4 is 0 Å². The Labute approximate surface area is 41.2 Å². The van der Waals surface area contributed by atoms with Crippen LogP contribution in [0.3, 0.4) is 0 Å². The zero-order chi connectivity index (χ0) is 5.86. The van der Waals surface area contributed by atoms with Crippen molar-refractivity contribution in [2.45, 2.75) is 0 Å². The Hall–Kier alpha value is -0.310. The zero-order valence-electron chi connectivity index (χ0n) is 3.33. The maximum atomic E-state index is 9.80. The number of carbonyl (C=O) groups is 1. The largest absolute Gasteiger partial charge is 0.344 e. The summed E-state index contributed by atoms with van der Waals surface area (Å²) in [6.45, 7) is 0. The van der Waals surface area contributed by atoms with Crippen LogP contribution in [0.1, 0.15) is 0 Å². The van der Waals surface area contributed by atoms with Crippen molar-refractivity contribution in [2.75, 3.05) is 0 Å². The molecule has 0 radical (unpaired) electrons. The molecule has 0 amide bonds. The third-order valence-electron chi connectivity index (χ3n) is 0.321. The first-order valence-corrected chi connectivity index (χ1v) is 2.65. The van der Waals surface area contributed by atoms with Crippen LogP contribution in [0.2, 0.25) is 0 Å². The maximum Gasteiger partial charge on any atom is 0.250 e. The van der Waals surface area contributed by atoms with E-state index in [0.29, 0.717) is 6.21 Å². The topological polar surface area (TPSA) is 81.4 Å². The van der Waals surface area contributed by atoms with E-state index in [-0.39, 0.29) is 0 Å². The molecule has 0 bridgehead atoms. The fraction of sp³-hybridized carbons (Fsp3) is 0. The third kappa shape index (κ3) is 2.39. The van der Waals surface area contributed by atoms with Crippen molar-refractivity contribution in [3.05, 3.63) is 0 Å². The second-order valence-corrected chi connectivity index (χ2v) is 1.79. The number of hydrogen-bond acceptors (Lipinski definition) is 4. The molecule has 7 heavy (non-hydrogen) atoms. The summed E-state index contributed by atoms with van der Waals surface area (Å²) in [5.41, 5.74) is -0.935.